The molecule has 8 heteroatoms. The summed E-state index contributed by atoms with van der Waals surface area (Å²) in [6.45, 7) is 2.80. The van der Waals surface area contributed by atoms with Crippen molar-refractivity contribution in [2.45, 2.75) is 23.3 Å². The molecule has 2 saturated heterocycles. The molecule has 150 valence electrons. The van der Waals surface area contributed by atoms with Gasteiger partial charge in [0.25, 0.3) is 0 Å². The van der Waals surface area contributed by atoms with Gasteiger partial charge in [-0.3, -0.25) is 0 Å². The van der Waals surface area contributed by atoms with Crippen molar-refractivity contribution in [2.24, 2.45) is 5.92 Å². The van der Waals surface area contributed by atoms with Crippen molar-refractivity contribution in [2.75, 3.05) is 52.6 Å². The molecule has 0 aromatic heterocycles. The van der Waals surface area contributed by atoms with E-state index in [0.29, 0.717) is 50.5 Å². The predicted octanol–water partition coefficient (Wildman–Crippen LogP) is 0.901. The summed E-state index contributed by atoms with van der Waals surface area (Å²) in [5.74, 6) is 0.00557. The Labute approximate surface area is 161 Å². The topological polar surface area (TPSA) is 81.2 Å². The summed E-state index contributed by atoms with van der Waals surface area (Å²) in [5.41, 5.74) is -0.752. The van der Waals surface area contributed by atoms with E-state index in [9.17, 15) is 18.3 Å². The Balaban J connectivity index is 1.61. The first-order chi connectivity index (χ1) is 12.7. The lowest BCUT2D eigenvalue weighted by Crippen LogP contribution is -2.61. The van der Waals surface area contributed by atoms with Crippen molar-refractivity contribution in [3.8, 4) is 0 Å². The number of fused-ring (bicyclic) bond motifs is 1. The highest BCUT2D eigenvalue weighted by molar-refractivity contribution is 7.91. The van der Waals surface area contributed by atoms with E-state index in [0.717, 1.165) is 0 Å². The molecular formula is C19H29N3O4S. The first-order valence-electron chi connectivity index (χ1n) is 9.40. The first kappa shape index (κ1) is 20.1. The van der Waals surface area contributed by atoms with Gasteiger partial charge < -0.3 is 19.8 Å². The number of benzene rings is 1. The van der Waals surface area contributed by atoms with Crippen LogP contribution in [-0.4, -0.2) is 92.4 Å². The zero-order chi connectivity index (χ0) is 19.7. The lowest BCUT2D eigenvalue weighted by Gasteiger charge is -2.50. The maximum atomic E-state index is 12.5. The van der Waals surface area contributed by atoms with E-state index < -0.39 is 15.4 Å². The van der Waals surface area contributed by atoms with E-state index in [4.69, 9.17) is 0 Å². The Morgan fingerprint density at radius 3 is 2.52 bits per heavy atom. The Kier molecular flexibility index (Phi) is 5.79. The number of amides is 2. The number of aliphatic hydroxyl groups is 1. The second-order valence-corrected chi connectivity index (χ2v) is 9.97. The molecule has 27 heavy (non-hydrogen) atoms. The van der Waals surface area contributed by atoms with Gasteiger partial charge in [0.05, 0.1) is 16.2 Å². The zero-order valence-electron chi connectivity index (χ0n) is 16.0. The van der Waals surface area contributed by atoms with Gasteiger partial charge in [0.1, 0.15) is 0 Å². The molecule has 7 nitrogen and oxygen atoms in total. The van der Waals surface area contributed by atoms with Gasteiger partial charge in [-0.25, -0.2) is 13.2 Å². The summed E-state index contributed by atoms with van der Waals surface area (Å²) < 4.78 is 25.0. The monoisotopic (exact) mass is 395 g/mol. The van der Waals surface area contributed by atoms with Crippen molar-refractivity contribution >= 4 is 15.9 Å². The molecule has 0 spiro atoms. The molecule has 2 atom stereocenters. The Morgan fingerprint density at radius 2 is 1.85 bits per heavy atom. The minimum Gasteiger partial charge on any atom is -0.389 e. The molecule has 0 bridgehead atoms. The van der Waals surface area contributed by atoms with Gasteiger partial charge in [-0.15, -0.1) is 0 Å². The summed E-state index contributed by atoms with van der Waals surface area (Å²) >= 11 is 0. The summed E-state index contributed by atoms with van der Waals surface area (Å²) in [6.07, 6.45) is 1.19. The SMILES string of the molecule is CN(C)C(=O)N1CC[C@]2(O)CCN(CCS(=O)(=O)c3ccccc3)C[C@@H]2C1. The fraction of sp³-hybridized carbons (Fsp3) is 0.632. The molecule has 0 aliphatic carbocycles. The number of likely N-dealkylation sites (tertiary alicyclic amines) is 2. The molecule has 2 amide bonds. The molecule has 2 aliphatic rings. The van der Waals surface area contributed by atoms with E-state index in [1.807, 2.05) is 0 Å². The van der Waals surface area contributed by atoms with Gasteiger partial charge in [0.15, 0.2) is 9.84 Å². The molecule has 2 aliphatic heterocycles. The molecule has 3 rings (SSSR count). The van der Waals surface area contributed by atoms with Gasteiger partial charge in [-0.2, -0.15) is 0 Å². The van der Waals surface area contributed by atoms with Crippen LogP contribution in [0.25, 0.3) is 0 Å². The number of urea groups is 1. The van der Waals surface area contributed by atoms with Crippen molar-refractivity contribution in [1.29, 1.82) is 0 Å². The average Bonchev–Trinajstić information content (AvgIpc) is 2.66. The Hall–Kier alpha value is -1.64. The van der Waals surface area contributed by atoms with E-state index in [1.54, 1.807) is 54.2 Å². The molecular weight excluding hydrogens is 366 g/mol. The van der Waals surface area contributed by atoms with E-state index in [1.165, 1.54) is 0 Å². The molecule has 0 unspecified atom stereocenters. The maximum absolute atomic E-state index is 12.5. The third kappa shape index (κ3) is 4.44. The third-order valence-corrected chi connectivity index (χ3v) is 7.50. The fourth-order valence-corrected chi connectivity index (χ4v) is 5.33. The standard InChI is InChI=1S/C19H29N3O4S/c1-20(2)18(23)22-11-9-19(24)8-10-21(14-16(19)15-22)12-13-27(25,26)17-6-4-3-5-7-17/h3-7,16,24H,8-15H2,1-2H3/t16-,19-/m1/s1. The predicted molar refractivity (Wildman–Crippen MR) is 103 cm³/mol. The molecule has 2 heterocycles. The third-order valence-electron chi connectivity index (χ3n) is 5.79. The number of carbonyl (C=O) groups is 1. The van der Waals surface area contributed by atoms with Gasteiger partial charge in [0, 0.05) is 52.7 Å². The zero-order valence-corrected chi connectivity index (χ0v) is 16.9. The van der Waals surface area contributed by atoms with Crippen LogP contribution < -0.4 is 0 Å². The molecule has 0 radical (unpaired) electrons. The molecule has 2 fully saturated rings. The van der Waals surface area contributed by atoms with Gasteiger partial charge in [-0.1, -0.05) is 18.2 Å². The van der Waals surface area contributed by atoms with Crippen molar-refractivity contribution in [1.82, 2.24) is 14.7 Å². The second kappa shape index (κ2) is 7.77. The first-order valence-corrected chi connectivity index (χ1v) is 11.1. The maximum Gasteiger partial charge on any atom is 0.319 e. The van der Waals surface area contributed by atoms with E-state index >= 15 is 0 Å². The summed E-state index contributed by atoms with van der Waals surface area (Å²) in [4.78, 5) is 18.0. The molecule has 1 aromatic carbocycles. The fourth-order valence-electron chi connectivity index (χ4n) is 4.03. The molecule has 0 saturated carbocycles. The number of carbonyl (C=O) groups excluding carboxylic acids is 1. The Bertz CT molecular complexity index is 768. The number of hydrogen-bond acceptors (Lipinski definition) is 5. The van der Waals surface area contributed by atoms with E-state index in [-0.39, 0.29) is 17.7 Å². The number of sulfone groups is 1. The highest BCUT2D eigenvalue weighted by Crippen LogP contribution is 2.35. The average molecular weight is 396 g/mol. The van der Waals surface area contributed by atoms with Crippen LogP contribution in [0, 0.1) is 5.92 Å². The van der Waals surface area contributed by atoms with Gasteiger partial charge in [0.2, 0.25) is 0 Å². The van der Waals surface area contributed by atoms with Gasteiger partial charge in [-0.05, 0) is 25.0 Å². The van der Waals surface area contributed by atoms with Crippen LogP contribution in [0.5, 0.6) is 0 Å². The smallest absolute Gasteiger partial charge is 0.319 e. The van der Waals surface area contributed by atoms with Crippen LogP contribution in [0.15, 0.2) is 35.2 Å². The van der Waals surface area contributed by atoms with E-state index in [2.05, 4.69) is 4.90 Å². The number of hydrogen-bond donors (Lipinski definition) is 1. The second-order valence-electron chi connectivity index (χ2n) is 7.86. The molecule has 1 N–H and O–H groups in total. The largest absolute Gasteiger partial charge is 0.389 e. The summed E-state index contributed by atoms with van der Waals surface area (Å²) in [6, 6.07) is 8.46. The minimum atomic E-state index is -3.32. The van der Waals surface area contributed by atoms with Crippen molar-refractivity contribution in [3.05, 3.63) is 30.3 Å². The quantitative estimate of drug-likeness (QED) is 0.819. The number of rotatable bonds is 4. The van der Waals surface area contributed by atoms with Gasteiger partial charge >= 0.3 is 6.03 Å². The summed E-state index contributed by atoms with van der Waals surface area (Å²) in [7, 11) is 0.139. The van der Waals surface area contributed by atoms with Crippen LogP contribution in [0.4, 0.5) is 4.79 Å². The number of piperidine rings is 2. The lowest BCUT2D eigenvalue weighted by atomic mass is 9.76. The van der Waals surface area contributed by atoms with Crippen molar-refractivity contribution in [3.63, 3.8) is 0 Å². The highest BCUT2D eigenvalue weighted by atomic mass is 32.2. The lowest BCUT2D eigenvalue weighted by molar-refractivity contribution is -0.106. The van der Waals surface area contributed by atoms with Crippen LogP contribution in [0.3, 0.4) is 0 Å². The van der Waals surface area contributed by atoms with Crippen LogP contribution >= 0.6 is 0 Å². The highest BCUT2D eigenvalue weighted by Gasteiger charge is 2.46. The van der Waals surface area contributed by atoms with Crippen LogP contribution in [0.2, 0.25) is 0 Å². The normalized spacial score (nSPS) is 26.5. The van der Waals surface area contributed by atoms with Crippen LogP contribution in [-0.2, 0) is 9.84 Å². The minimum absolute atomic E-state index is 0.0409. The summed E-state index contributed by atoms with van der Waals surface area (Å²) in [5, 5.41) is 11.0. The molecule has 1 aromatic rings. The van der Waals surface area contributed by atoms with Crippen LogP contribution in [0.1, 0.15) is 12.8 Å². The Morgan fingerprint density at radius 1 is 1.19 bits per heavy atom. The van der Waals surface area contributed by atoms with Crippen molar-refractivity contribution < 1.29 is 18.3 Å². The number of nitrogens with zero attached hydrogens (tertiary/aromatic N) is 3.